The molecule has 0 atom stereocenters. The Labute approximate surface area is 111 Å². The number of hydrogen-bond donors (Lipinski definition) is 2. The van der Waals surface area contributed by atoms with E-state index < -0.39 is 0 Å². The minimum atomic E-state index is 0.278. The molecule has 3 N–H and O–H groups in total. The fourth-order valence-corrected chi connectivity index (χ4v) is 1.75. The van der Waals surface area contributed by atoms with Crippen molar-refractivity contribution in [2.24, 2.45) is 10.7 Å². The van der Waals surface area contributed by atoms with Crippen molar-refractivity contribution in [3.8, 4) is 5.75 Å². The van der Waals surface area contributed by atoms with Crippen molar-refractivity contribution < 1.29 is 4.74 Å². The molecule has 6 heteroatoms. The van der Waals surface area contributed by atoms with Crippen LogP contribution in [0.25, 0.3) is 10.9 Å². The Morgan fingerprint density at radius 1 is 1.42 bits per heavy atom. The molecule has 0 saturated heterocycles. The molecular formula is C13H17N5O. The van der Waals surface area contributed by atoms with E-state index in [0.29, 0.717) is 12.6 Å². The zero-order valence-corrected chi connectivity index (χ0v) is 11.3. The van der Waals surface area contributed by atoms with Crippen molar-refractivity contribution in [3.05, 3.63) is 23.9 Å². The van der Waals surface area contributed by atoms with Crippen LogP contribution in [0.1, 0.15) is 12.6 Å². The first-order valence-electron chi connectivity index (χ1n) is 6.04. The van der Waals surface area contributed by atoms with Crippen LogP contribution in [0, 0.1) is 6.92 Å². The fraction of sp³-hybridized carbons (Fsp3) is 0.308. The lowest BCUT2D eigenvalue weighted by Gasteiger charge is -2.08. The predicted molar refractivity (Wildman–Crippen MR) is 76.6 cm³/mol. The molecule has 0 saturated carbocycles. The number of aryl methyl sites for hydroxylation is 1. The van der Waals surface area contributed by atoms with E-state index in [1.807, 2.05) is 32.0 Å². The number of guanidine groups is 1. The fourth-order valence-electron chi connectivity index (χ4n) is 1.75. The number of anilines is 1. The molecule has 1 aromatic carbocycles. The number of fused-ring (bicyclic) bond motifs is 1. The maximum atomic E-state index is 5.61. The summed E-state index contributed by atoms with van der Waals surface area (Å²) in [6.45, 7) is 4.49. The lowest BCUT2D eigenvalue weighted by Crippen LogP contribution is -2.23. The highest BCUT2D eigenvalue weighted by atomic mass is 16.5. The Balaban J connectivity index is 2.46. The standard InChI is InChI=1S/C13H17N5O/c1-4-19-9-5-6-10-8(2)16-13(17-11(10)7-9)18-12(14)15-3/h5-7H,4H2,1-3H3,(H3,14,15,16,17,18). The van der Waals surface area contributed by atoms with Crippen LogP contribution < -0.4 is 15.8 Å². The van der Waals surface area contributed by atoms with Crippen LogP contribution in [0.15, 0.2) is 23.2 Å². The van der Waals surface area contributed by atoms with Crippen LogP contribution in [0.3, 0.4) is 0 Å². The largest absolute Gasteiger partial charge is 0.494 e. The minimum Gasteiger partial charge on any atom is -0.494 e. The summed E-state index contributed by atoms with van der Waals surface area (Å²) in [6.07, 6.45) is 0. The van der Waals surface area contributed by atoms with Gasteiger partial charge in [0.15, 0.2) is 5.96 Å². The first-order chi connectivity index (χ1) is 9.13. The highest BCUT2D eigenvalue weighted by Crippen LogP contribution is 2.22. The van der Waals surface area contributed by atoms with E-state index in [2.05, 4.69) is 20.3 Å². The number of hydrogen-bond acceptors (Lipinski definition) is 4. The number of nitrogens with zero attached hydrogens (tertiary/aromatic N) is 3. The lowest BCUT2D eigenvalue weighted by molar-refractivity contribution is 0.340. The second-order valence-electron chi connectivity index (χ2n) is 3.98. The molecule has 100 valence electrons. The van der Waals surface area contributed by atoms with Gasteiger partial charge in [-0.3, -0.25) is 10.3 Å². The predicted octanol–water partition coefficient (Wildman–Crippen LogP) is 1.69. The topological polar surface area (TPSA) is 85.4 Å². The molecule has 0 spiro atoms. The number of ether oxygens (including phenoxy) is 1. The highest BCUT2D eigenvalue weighted by Gasteiger charge is 2.06. The number of nitrogens with one attached hydrogen (secondary N) is 1. The van der Waals surface area contributed by atoms with Crippen LogP contribution >= 0.6 is 0 Å². The zero-order chi connectivity index (χ0) is 13.8. The normalized spacial score (nSPS) is 11.6. The van der Waals surface area contributed by atoms with Gasteiger partial charge in [0.1, 0.15) is 5.75 Å². The third kappa shape index (κ3) is 2.90. The SMILES string of the molecule is CCOc1ccc2c(C)nc(NC(N)=NC)nc2c1. The van der Waals surface area contributed by atoms with Gasteiger partial charge < -0.3 is 10.5 Å². The van der Waals surface area contributed by atoms with E-state index >= 15 is 0 Å². The van der Waals surface area contributed by atoms with Gasteiger partial charge >= 0.3 is 0 Å². The Morgan fingerprint density at radius 3 is 2.89 bits per heavy atom. The van der Waals surface area contributed by atoms with E-state index in [4.69, 9.17) is 10.5 Å². The number of aromatic nitrogens is 2. The second-order valence-corrected chi connectivity index (χ2v) is 3.98. The first-order valence-corrected chi connectivity index (χ1v) is 6.04. The Hall–Kier alpha value is -2.37. The van der Waals surface area contributed by atoms with Gasteiger partial charge in [0.05, 0.1) is 17.8 Å². The molecule has 0 aliphatic rings. The van der Waals surface area contributed by atoms with E-state index in [1.165, 1.54) is 0 Å². The second kappa shape index (κ2) is 5.51. The van der Waals surface area contributed by atoms with Crippen LogP contribution in [-0.2, 0) is 0 Å². The van der Waals surface area contributed by atoms with Gasteiger partial charge in [0.25, 0.3) is 0 Å². The van der Waals surface area contributed by atoms with E-state index in [-0.39, 0.29) is 5.96 Å². The molecule has 0 aliphatic carbocycles. The molecule has 0 bridgehead atoms. The maximum absolute atomic E-state index is 5.61. The Kier molecular flexibility index (Phi) is 3.79. The number of aliphatic imine (C=N–C) groups is 1. The highest BCUT2D eigenvalue weighted by molar-refractivity contribution is 5.92. The lowest BCUT2D eigenvalue weighted by atomic mass is 10.2. The van der Waals surface area contributed by atoms with Crippen molar-refractivity contribution in [3.63, 3.8) is 0 Å². The molecule has 0 fully saturated rings. The molecule has 0 aliphatic heterocycles. The molecule has 0 radical (unpaired) electrons. The quantitative estimate of drug-likeness (QED) is 0.647. The summed E-state index contributed by atoms with van der Waals surface area (Å²) >= 11 is 0. The van der Waals surface area contributed by atoms with E-state index in [9.17, 15) is 0 Å². The number of nitrogens with two attached hydrogens (primary N) is 1. The molecule has 0 unspecified atom stereocenters. The van der Waals surface area contributed by atoms with E-state index in [0.717, 1.165) is 22.3 Å². The van der Waals surface area contributed by atoms with Crippen LogP contribution in [-0.4, -0.2) is 29.6 Å². The molecule has 0 amide bonds. The summed E-state index contributed by atoms with van der Waals surface area (Å²) in [5.41, 5.74) is 7.30. The first kappa shape index (κ1) is 13.1. The molecule has 19 heavy (non-hydrogen) atoms. The summed E-state index contributed by atoms with van der Waals surface area (Å²) in [6, 6.07) is 5.76. The average molecular weight is 259 g/mol. The van der Waals surface area contributed by atoms with Crippen LogP contribution in [0.2, 0.25) is 0 Å². The van der Waals surface area contributed by atoms with Gasteiger partial charge in [-0.25, -0.2) is 9.97 Å². The van der Waals surface area contributed by atoms with Gasteiger partial charge in [-0.1, -0.05) is 0 Å². The number of rotatable bonds is 3. The third-order valence-corrected chi connectivity index (χ3v) is 2.65. The van der Waals surface area contributed by atoms with Gasteiger partial charge in [-0.05, 0) is 26.0 Å². The summed E-state index contributed by atoms with van der Waals surface area (Å²) in [5, 5.41) is 3.83. The Morgan fingerprint density at radius 2 is 2.21 bits per heavy atom. The summed E-state index contributed by atoms with van der Waals surface area (Å²) in [7, 11) is 1.60. The zero-order valence-electron chi connectivity index (χ0n) is 11.3. The van der Waals surface area contributed by atoms with Gasteiger partial charge in [0, 0.05) is 18.5 Å². The van der Waals surface area contributed by atoms with Crippen molar-refractivity contribution in [2.45, 2.75) is 13.8 Å². The molecule has 2 rings (SSSR count). The summed E-state index contributed by atoms with van der Waals surface area (Å²) in [5.74, 6) is 1.50. The van der Waals surface area contributed by atoms with Crippen molar-refractivity contribution >= 4 is 22.8 Å². The van der Waals surface area contributed by atoms with Crippen molar-refractivity contribution in [1.29, 1.82) is 0 Å². The molecule has 6 nitrogen and oxygen atoms in total. The van der Waals surface area contributed by atoms with Gasteiger partial charge in [-0.15, -0.1) is 0 Å². The summed E-state index contributed by atoms with van der Waals surface area (Å²) in [4.78, 5) is 12.6. The Bertz CT molecular complexity index is 624. The van der Waals surface area contributed by atoms with Gasteiger partial charge in [0.2, 0.25) is 5.95 Å². The van der Waals surface area contributed by atoms with Gasteiger partial charge in [-0.2, -0.15) is 0 Å². The molecular weight excluding hydrogens is 242 g/mol. The van der Waals surface area contributed by atoms with Crippen molar-refractivity contribution in [2.75, 3.05) is 19.0 Å². The summed E-state index contributed by atoms with van der Waals surface area (Å²) < 4.78 is 5.47. The average Bonchev–Trinajstić information content (AvgIpc) is 2.38. The van der Waals surface area contributed by atoms with Crippen LogP contribution in [0.4, 0.5) is 5.95 Å². The smallest absolute Gasteiger partial charge is 0.230 e. The van der Waals surface area contributed by atoms with Crippen molar-refractivity contribution in [1.82, 2.24) is 9.97 Å². The van der Waals surface area contributed by atoms with Crippen LogP contribution in [0.5, 0.6) is 5.75 Å². The number of benzene rings is 1. The molecule has 2 aromatic rings. The third-order valence-electron chi connectivity index (χ3n) is 2.65. The monoisotopic (exact) mass is 259 g/mol. The molecule has 1 heterocycles. The molecule has 1 aromatic heterocycles. The van der Waals surface area contributed by atoms with E-state index in [1.54, 1.807) is 7.05 Å². The minimum absolute atomic E-state index is 0.278. The maximum Gasteiger partial charge on any atom is 0.230 e.